The lowest BCUT2D eigenvalue weighted by Gasteiger charge is -2.16. The van der Waals surface area contributed by atoms with E-state index in [-0.39, 0.29) is 43.8 Å². The number of aromatic nitrogens is 1. The number of carbonyl (C=O) groups is 4. The topological polar surface area (TPSA) is 118 Å². The number of benzene rings is 2. The molecule has 0 aliphatic carbocycles. The van der Waals surface area contributed by atoms with Gasteiger partial charge in [0.2, 0.25) is 0 Å². The second kappa shape index (κ2) is 10.9. The number of nitrogens with one attached hydrogen (secondary N) is 2. The SMILES string of the molecule is CCOC(=O)c1sc(NC(=O)c2cccc(NC3=C(Cl)C(=O)N(c4ccc(Cl)c(Cl)c4)C3=O)c2)nc1C. The Kier molecular flexibility index (Phi) is 7.84. The predicted molar refractivity (Wildman–Crippen MR) is 143 cm³/mol. The molecule has 37 heavy (non-hydrogen) atoms. The quantitative estimate of drug-likeness (QED) is 0.275. The Morgan fingerprint density at radius 2 is 1.81 bits per heavy atom. The van der Waals surface area contributed by atoms with E-state index >= 15 is 0 Å². The van der Waals surface area contributed by atoms with Crippen LogP contribution in [0.5, 0.6) is 0 Å². The number of hydrogen-bond donors (Lipinski definition) is 2. The second-order valence-electron chi connectivity index (χ2n) is 7.55. The third kappa shape index (κ3) is 5.47. The molecule has 0 saturated heterocycles. The van der Waals surface area contributed by atoms with Crippen molar-refractivity contribution in [3.05, 3.63) is 79.4 Å². The minimum Gasteiger partial charge on any atom is -0.462 e. The van der Waals surface area contributed by atoms with Gasteiger partial charge < -0.3 is 10.1 Å². The van der Waals surface area contributed by atoms with E-state index in [1.165, 1.54) is 24.3 Å². The second-order valence-corrected chi connectivity index (χ2v) is 9.74. The first-order valence-corrected chi connectivity index (χ1v) is 12.6. The maximum atomic E-state index is 13.0. The molecule has 0 bridgehead atoms. The fourth-order valence-corrected chi connectivity index (χ4v) is 4.72. The smallest absolute Gasteiger partial charge is 0.350 e. The third-order valence-corrected chi connectivity index (χ3v) is 7.20. The molecular formula is C24H17Cl3N4O5S. The summed E-state index contributed by atoms with van der Waals surface area (Å²) >= 11 is 19.1. The minimum atomic E-state index is -0.738. The fourth-order valence-electron chi connectivity index (χ4n) is 3.36. The highest BCUT2D eigenvalue weighted by Crippen LogP contribution is 2.34. The van der Waals surface area contributed by atoms with E-state index in [0.717, 1.165) is 16.2 Å². The van der Waals surface area contributed by atoms with Gasteiger partial charge in [0.15, 0.2) is 5.13 Å². The van der Waals surface area contributed by atoms with Gasteiger partial charge in [0, 0.05) is 11.3 Å². The van der Waals surface area contributed by atoms with Crippen LogP contribution in [0.3, 0.4) is 0 Å². The summed E-state index contributed by atoms with van der Waals surface area (Å²) in [5.74, 6) is -2.45. The summed E-state index contributed by atoms with van der Waals surface area (Å²) in [6.45, 7) is 3.56. The molecule has 2 heterocycles. The van der Waals surface area contributed by atoms with Gasteiger partial charge in [-0.05, 0) is 50.2 Å². The van der Waals surface area contributed by atoms with Gasteiger partial charge >= 0.3 is 5.97 Å². The number of halogens is 3. The van der Waals surface area contributed by atoms with Crippen molar-refractivity contribution in [3.8, 4) is 0 Å². The van der Waals surface area contributed by atoms with Crippen molar-refractivity contribution in [3.63, 3.8) is 0 Å². The normalized spacial score (nSPS) is 13.3. The number of thiazole rings is 1. The number of ether oxygens (including phenoxy) is 1. The first kappa shape index (κ1) is 26.6. The molecule has 3 amide bonds. The molecule has 1 aliphatic heterocycles. The van der Waals surface area contributed by atoms with E-state index in [4.69, 9.17) is 39.5 Å². The van der Waals surface area contributed by atoms with Crippen molar-refractivity contribution in [2.24, 2.45) is 0 Å². The molecule has 3 aromatic rings. The van der Waals surface area contributed by atoms with Gasteiger partial charge in [0.05, 0.1) is 28.0 Å². The van der Waals surface area contributed by atoms with E-state index in [1.54, 1.807) is 32.0 Å². The van der Waals surface area contributed by atoms with Crippen LogP contribution in [0.15, 0.2) is 53.2 Å². The summed E-state index contributed by atoms with van der Waals surface area (Å²) < 4.78 is 4.99. The van der Waals surface area contributed by atoms with Gasteiger partial charge in [-0.25, -0.2) is 14.7 Å². The Morgan fingerprint density at radius 3 is 2.51 bits per heavy atom. The number of carbonyl (C=O) groups excluding carboxylic acids is 4. The van der Waals surface area contributed by atoms with Crippen LogP contribution in [0.4, 0.5) is 16.5 Å². The van der Waals surface area contributed by atoms with Crippen molar-refractivity contribution in [1.82, 2.24) is 4.98 Å². The summed E-state index contributed by atoms with van der Waals surface area (Å²) in [6.07, 6.45) is 0. The molecule has 4 rings (SSSR count). The Labute approximate surface area is 230 Å². The van der Waals surface area contributed by atoms with Crippen LogP contribution in [-0.2, 0) is 14.3 Å². The molecule has 0 spiro atoms. The van der Waals surface area contributed by atoms with Crippen LogP contribution in [0.2, 0.25) is 10.0 Å². The molecule has 190 valence electrons. The molecular weight excluding hydrogens is 563 g/mol. The highest BCUT2D eigenvalue weighted by Gasteiger charge is 2.39. The van der Waals surface area contributed by atoms with E-state index < -0.39 is 23.7 Å². The Morgan fingerprint density at radius 1 is 1.05 bits per heavy atom. The molecule has 1 aromatic heterocycles. The molecule has 0 atom stereocenters. The predicted octanol–water partition coefficient (Wildman–Crippen LogP) is 5.62. The molecule has 2 N–H and O–H groups in total. The summed E-state index contributed by atoms with van der Waals surface area (Å²) in [5, 5.41) is 5.80. The van der Waals surface area contributed by atoms with Crippen LogP contribution in [0.25, 0.3) is 0 Å². The number of amides is 3. The van der Waals surface area contributed by atoms with Crippen LogP contribution in [0.1, 0.15) is 32.6 Å². The maximum Gasteiger partial charge on any atom is 0.350 e. The van der Waals surface area contributed by atoms with Crippen LogP contribution >= 0.6 is 46.1 Å². The first-order chi connectivity index (χ1) is 17.6. The average molecular weight is 580 g/mol. The molecule has 9 nitrogen and oxygen atoms in total. The van der Waals surface area contributed by atoms with Gasteiger partial charge in [-0.1, -0.05) is 52.2 Å². The summed E-state index contributed by atoms with van der Waals surface area (Å²) in [5.41, 5.74) is 1.04. The Balaban J connectivity index is 1.51. The first-order valence-electron chi connectivity index (χ1n) is 10.7. The van der Waals surface area contributed by atoms with Crippen molar-refractivity contribution in [2.75, 3.05) is 22.1 Å². The molecule has 0 saturated carbocycles. The molecule has 1 aliphatic rings. The molecule has 0 unspecified atom stereocenters. The van der Waals surface area contributed by atoms with E-state index in [2.05, 4.69) is 15.6 Å². The van der Waals surface area contributed by atoms with Gasteiger partial charge in [-0.3, -0.25) is 19.7 Å². The number of esters is 1. The number of imide groups is 1. The van der Waals surface area contributed by atoms with Gasteiger partial charge in [0.25, 0.3) is 17.7 Å². The molecule has 13 heteroatoms. The van der Waals surface area contributed by atoms with Gasteiger partial charge in [0.1, 0.15) is 15.6 Å². The average Bonchev–Trinajstić information content (AvgIpc) is 3.33. The Hall–Kier alpha value is -3.44. The van der Waals surface area contributed by atoms with Gasteiger partial charge in [-0.15, -0.1) is 0 Å². The minimum absolute atomic E-state index is 0.162. The number of anilines is 3. The van der Waals surface area contributed by atoms with Crippen LogP contribution < -0.4 is 15.5 Å². The zero-order chi connectivity index (χ0) is 26.9. The molecule has 0 fully saturated rings. The lowest BCUT2D eigenvalue weighted by molar-refractivity contribution is -0.120. The van der Waals surface area contributed by atoms with Gasteiger partial charge in [-0.2, -0.15) is 0 Å². The highest BCUT2D eigenvalue weighted by atomic mass is 35.5. The summed E-state index contributed by atoms with van der Waals surface area (Å²) in [6, 6.07) is 10.5. The highest BCUT2D eigenvalue weighted by molar-refractivity contribution is 7.17. The number of nitrogens with zero attached hydrogens (tertiary/aromatic N) is 2. The lowest BCUT2D eigenvalue weighted by atomic mass is 10.2. The van der Waals surface area contributed by atoms with E-state index in [0.29, 0.717) is 16.3 Å². The number of aryl methyl sites for hydroxylation is 1. The number of hydrogen-bond acceptors (Lipinski definition) is 8. The maximum absolute atomic E-state index is 13.0. The molecule has 0 radical (unpaired) electrons. The zero-order valence-electron chi connectivity index (χ0n) is 19.2. The van der Waals surface area contributed by atoms with Crippen LogP contribution in [-0.4, -0.2) is 35.3 Å². The van der Waals surface area contributed by atoms with Crippen molar-refractivity contribution < 1.29 is 23.9 Å². The zero-order valence-corrected chi connectivity index (χ0v) is 22.3. The van der Waals surface area contributed by atoms with Crippen LogP contribution in [0, 0.1) is 6.92 Å². The summed E-state index contributed by atoms with van der Waals surface area (Å²) in [4.78, 5) is 55.9. The Bertz CT molecular complexity index is 1490. The standard InChI is InChI=1S/C24H17Cl3N4O5S/c1-3-36-23(35)19-11(2)28-24(37-19)30-20(32)12-5-4-6-13(9-12)29-18-17(27)21(33)31(22(18)34)14-7-8-15(25)16(26)10-14/h4-10,29H,3H2,1-2H3,(H,28,30,32). The molecule has 2 aromatic carbocycles. The third-order valence-electron chi connectivity index (χ3n) is 5.06. The summed E-state index contributed by atoms with van der Waals surface area (Å²) in [7, 11) is 0. The van der Waals surface area contributed by atoms with Crippen molar-refractivity contribution in [2.45, 2.75) is 13.8 Å². The lowest BCUT2D eigenvalue weighted by Crippen LogP contribution is -2.32. The van der Waals surface area contributed by atoms with E-state index in [1.807, 2.05) is 0 Å². The fraction of sp³-hybridized carbons (Fsp3) is 0.125. The number of rotatable bonds is 7. The van der Waals surface area contributed by atoms with Crippen molar-refractivity contribution in [1.29, 1.82) is 0 Å². The monoisotopic (exact) mass is 578 g/mol. The largest absolute Gasteiger partial charge is 0.462 e. The van der Waals surface area contributed by atoms with E-state index in [9.17, 15) is 19.2 Å². The van der Waals surface area contributed by atoms with Crippen molar-refractivity contribution >= 4 is 86.3 Å².